The number of carbonyl (C=O) groups is 1. The van der Waals surface area contributed by atoms with Crippen molar-refractivity contribution in [2.45, 2.75) is 35.2 Å². The van der Waals surface area contributed by atoms with Crippen LogP contribution in [0.5, 0.6) is 0 Å². The number of aromatic amines is 1. The van der Waals surface area contributed by atoms with E-state index in [9.17, 15) is 9.59 Å². The molecule has 2 aromatic rings. The second-order valence-electron chi connectivity index (χ2n) is 4.79. The SMILES string of the molecule is CCC(Sc1ccccc1)C(=O)NCc1cc(=O)[nH]c(SC)n1. The minimum absolute atomic E-state index is 0.0471. The lowest BCUT2D eigenvalue weighted by Crippen LogP contribution is -2.32. The van der Waals surface area contributed by atoms with Gasteiger partial charge in [-0.05, 0) is 24.8 Å². The van der Waals surface area contributed by atoms with Gasteiger partial charge >= 0.3 is 0 Å². The van der Waals surface area contributed by atoms with Crippen LogP contribution in [-0.4, -0.2) is 27.4 Å². The highest BCUT2D eigenvalue weighted by molar-refractivity contribution is 8.00. The molecule has 23 heavy (non-hydrogen) atoms. The van der Waals surface area contributed by atoms with Crippen molar-refractivity contribution in [2.75, 3.05) is 6.26 Å². The Morgan fingerprint density at radius 1 is 1.35 bits per heavy atom. The monoisotopic (exact) mass is 349 g/mol. The van der Waals surface area contributed by atoms with Crippen LogP contribution in [0.1, 0.15) is 19.0 Å². The Kier molecular flexibility index (Phi) is 6.73. The first-order valence-electron chi connectivity index (χ1n) is 7.26. The predicted octanol–water partition coefficient (Wildman–Crippen LogP) is 2.68. The molecular weight excluding hydrogens is 330 g/mol. The predicted molar refractivity (Wildman–Crippen MR) is 94.9 cm³/mol. The number of aromatic nitrogens is 2. The van der Waals surface area contributed by atoms with E-state index in [-0.39, 0.29) is 23.3 Å². The number of carbonyl (C=O) groups excluding carboxylic acids is 1. The Hall–Kier alpha value is -1.73. The number of thioether (sulfide) groups is 2. The van der Waals surface area contributed by atoms with E-state index in [4.69, 9.17) is 0 Å². The van der Waals surface area contributed by atoms with Gasteiger partial charge in [0.1, 0.15) is 0 Å². The average Bonchev–Trinajstić information content (AvgIpc) is 2.58. The van der Waals surface area contributed by atoms with Crippen molar-refractivity contribution in [3.05, 3.63) is 52.4 Å². The molecule has 0 fully saturated rings. The maximum atomic E-state index is 12.3. The topological polar surface area (TPSA) is 74.8 Å². The highest BCUT2D eigenvalue weighted by atomic mass is 32.2. The molecule has 0 radical (unpaired) electrons. The van der Waals surface area contributed by atoms with Crippen LogP contribution in [0.15, 0.2) is 51.2 Å². The Morgan fingerprint density at radius 3 is 2.74 bits per heavy atom. The van der Waals surface area contributed by atoms with E-state index < -0.39 is 0 Å². The molecular formula is C16H19N3O2S2. The molecule has 0 aliphatic heterocycles. The first-order chi connectivity index (χ1) is 11.1. The van der Waals surface area contributed by atoms with E-state index in [1.54, 1.807) is 0 Å². The maximum Gasteiger partial charge on any atom is 0.251 e. The maximum absolute atomic E-state index is 12.3. The Balaban J connectivity index is 1.97. The van der Waals surface area contributed by atoms with Gasteiger partial charge in [-0.2, -0.15) is 0 Å². The van der Waals surface area contributed by atoms with Gasteiger partial charge in [-0.15, -0.1) is 11.8 Å². The quantitative estimate of drug-likeness (QED) is 0.594. The van der Waals surface area contributed by atoms with Crippen molar-refractivity contribution in [2.24, 2.45) is 0 Å². The molecule has 5 nitrogen and oxygen atoms in total. The van der Waals surface area contributed by atoms with Crippen molar-refractivity contribution >= 4 is 29.4 Å². The van der Waals surface area contributed by atoms with Gasteiger partial charge in [0.2, 0.25) is 5.91 Å². The molecule has 0 saturated carbocycles. The number of amides is 1. The van der Waals surface area contributed by atoms with Crippen LogP contribution >= 0.6 is 23.5 Å². The summed E-state index contributed by atoms with van der Waals surface area (Å²) in [5.74, 6) is -0.0471. The van der Waals surface area contributed by atoms with Crippen molar-refractivity contribution in [1.82, 2.24) is 15.3 Å². The zero-order valence-corrected chi connectivity index (χ0v) is 14.7. The summed E-state index contributed by atoms with van der Waals surface area (Å²) < 4.78 is 0. The van der Waals surface area contributed by atoms with E-state index in [0.717, 1.165) is 11.3 Å². The summed E-state index contributed by atoms with van der Waals surface area (Å²) in [4.78, 5) is 31.8. The number of nitrogens with zero attached hydrogens (tertiary/aromatic N) is 1. The molecule has 2 N–H and O–H groups in total. The van der Waals surface area contributed by atoms with E-state index in [1.807, 2.05) is 43.5 Å². The molecule has 0 saturated heterocycles. The summed E-state index contributed by atoms with van der Waals surface area (Å²) in [7, 11) is 0. The fourth-order valence-corrected chi connectivity index (χ4v) is 3.36. The molecule has 0 spiro atoms. The normalized spacial score (nSPS) is 11.9. The highest BCUT2D eigenvalue weighted by Crippen LogP contribution is 2.25. The van der Waals surface area contributed by atoms with E-state index in [0.29, 0.717) is 10.9 Å². The molecule has 1 atom stereocenters. The van der Waals surface area contributed by atoms with Crippen LogP contribution in [0.3, 0.4) is 0 Å². The molecule has 1 heterocycles. The third kappa shape index (κ3) is 5.44. The molecule has 2 rings (SSSR count). The molecule has 0 aliphatic carbocycles. The number of hydrogen-bond acceptors (Lipinski definition) is 5. The summed E-state index contributed by atoms with van der Waals surface area (Å²) in [5, 5.41) is 3.25. The number of nitrogens with one attached hydrogen (secondary N) is 2. The molecule has 1 aromatic carbocycles. The molecule has 1 unspecified atom stereocenters. The van der Waals surface area contributed by atoms with Crippen LogP contribution in [-0.2, 0) is 11.3 Å². The standard InChI is InChI=1S/C16H19N3O2S2/c1-3-13(23-12-7-5-4-6-8-12)15(21)17-10-11-9-14(20)19-16(18-11)22-2/h4-9,13H,3,10H2,1-2H3,(H,17,21)(H,18,19,20). The minimum atomic E-state index is -0.209. The van der Waals surface area contributed by atoms with E-state index in [1.165, 1.54) is 29.6 Å². The van der Waals surface area contributed by atoms with Crippen molar-refractivity contribution in [3.8, 4) is 0 Å². The lowest BCUT2D eigenvalue weighted by molar-refractivity contribution is -0.120. The van der Waals surface area contributed by atoms with E-state index in [2.05, 4.69) is 15.3 Å². The van der Waals surface area contributed by atoms with Gasteiger partial charge in [0.15, 0.2) is 5.16 Å². The molecule has 0 aliphatic rings. The van der Waals surface area contributed by atoms with Crippen molar-refractivity contribution in [1.29, 1.82) is 0 Å². The minimum Gasteiger partial charge on any atom is -0.349 e. The van der Waals surface area contributed by atoms with Crippen LogP contribution in [0.4, 0.5) is 0 Å². The summed E-state index contributed by atoms with van der Waals surface area (Å²) in [5.41, 5.74) is 0.352. The Bertz CT molecular complexity index is 704. The van der Waals surface area contributed by atoms with Crippen LogP contribution < -0.4 is 10.9 Å². The summed E-state index contributed by atoms with van der Waals surface area (Å²) >= 11 is 2.90. The van der Waals surface area contributed by atoms with Gasteiger partial charge in [-0.25, -0.2) is 4.98 Å². The van der Waals surface area contributed by atoms with Crippen molar-refractivity contribution < 1.29 is 4.79 Å². The zero-order valence-electron chi connectivity index (χ0n) is 13.0. The van der Waals surface area contributed by atoms with Gasteiger partial charge in [-0.1, -0.05) is 36.9 Å². The van der Waals surface area contributed by atoms with Crippen molar-refractivity contribution in [3.63, 3.8) is 0 Å². The fourth-order valence-electron chi connectivity index (χ4n) is 1.95. The Morgan fingerprint density at radius 2 is 2.09 bits per heavy atom. The fraction of sp³-hybridized carbons (Fsp3) is 0.312. The largest absolute Gasteiger partial charge is 0.349 e. The van der Waals surface area contributed by atoms with Gasteiger partial charge in [0.05, 0.1) is 17.5 Å². The highest BCUT2D eigenvalue weighted by Gasteiger charge is 2.17. The van der Waals surface area contributed by atoms with Gasteiger partial charge in [0.25, 0.3) is 5.56 Å². The van der Waals surface area contributed by atoms with Gasteiger partial charge in [0, 0.05) is 11.0 Å². The Labute approximate surface area is 143 Å². The third-order valence-electron chi connectivity index (χ3n) is 3.09. The first kappa shape index (κ1) is 17.6. The molecule has 1 aromatic heterocycles. The molecule has 0 bridgehead atoms. The first-order valence-corrected chi connectivity index (χ1v) is 9.36. The van der Waals surface area contributed by atoms with Crippen LogP contribution in [0.25, 0.3) is 0 Å². The smallest absolute Gasteiger partial charge is 0.251 e. The number of rotatable bonds is 7. The summed E-state index contributed by atoms with van der Waals surface area (Å²) in [6, 6.07) is 11.2. The molecule has 1 amide bonds. The molecule has 7 heteroatoms. The second-order valence-corrected chi connectivity index (χ2v) is 6.86. The summed E-state index contributed by atoms with van der Waals surface area (Å²) in [6.07, 6.45) is 2.56. The number of hydrogen-bond donors (Lipinski definition) is 2. The van der Waals surface area contributed by atoms with Crippen LogP contribution in [0.2, 0.25) is 0 Å². The summed E-state index contributed by atoms with van der Waals surface area (Å²) in [6.45, 7) is 2.24. The van der Waals surface area contributed by atoms with E-state index >= 15 is 0 Å². The lowest BCUT2D eigenvalue weighted by atomic mass is 10.3. The number of H-pyrrole nitrogens is 1. The van der Waals surface area contributed by atoms with Gasteiger partial charge in [-0.3, -0.25) is 9.59 Å². The number of benzene rings is 1. The zero-order chi connectivity index (χ0) is 16.7. The van der Waals surface area contributed by atoms with Gasteiger partial charge < -0.3 is 10.3 Å². The second kappa shape index (κ2) is 8.79. The van der Waals surface area contributed by atoms with Crippen LogP contribution in [0, 0.1) is 0 Å². The third-order valence-corrected chi connectivity index (χ3v) is 5.05. The lowest BCUT2D eigenvalue weighted by Gasteiger charge is -2.14. The average molecular weight is 349 g/mol. The molecule has 122 valence electrons.